The molecule has 0 aromatic carbocycles. The summed E-state index contributed by atoms with van der Waals surface area (Å²) in [5, 5.41) is -1.43. The van der Waals surface area contributed by atoms with E-state index in [-0.39, 0.29) is 10.8 Å². The third-order valence-electron chi connectivity index (χ3n) is 1.51. The molecular formula is C7H4Cl2F2N2O. The zero-order valence-corrected chi connectivity index (χ0v) is 8.11. The highest BCUT2D eigenvalue weighted by atomic mass is 35.5. The van der Waals surface area contributed by atoms with Gasteiger partial charge in [-0.25, -0.2) is 13.8 Å². The molecule has 1 aromatic heterocycles. The minimum atomic E-state index is -2.88. The number of halogens is 4. The number of carbonyl (C=O) groups excluding carboxylic acids is 1. The summed E-state index contributed by atoms with van der Waals surface area (Å²) in [6.07, 6.45) is -2.10. The summed E-state index contributed by atoms with van der Waals surface area (Å²) in [5.74, 6) is -0.208. The van der Waals surface area contributed by atoms with Crippen molar-refractivity contribution in [2.24, 2.45) is 0 Å². The van der Waals surface area contributed by atoms with Gasteiger partial charge in [0.25, 0.3) is 11.7 Å². The summed E-state index contributed by atoms with van der Waals surface area (Å²) in [7, 11) is 0. The molecule has 76 valence electrons. The molecule has 1 aromatic rings. The molecule has 0 aliphatic rings. The zero-order chi connectivity index (χ0) is 10.9. The van der Waals surface area contributed by atoms with Gasteiger partial charge >= 0.3 is 0 Å². The van der Waals surface area contributed by atoms with Crippen LogP contribution in [0.1, 0.15) is 22.3 Å². The highest BCUT2D eigenvalue weighted by Gasteiger charge is 2.22. The van der Waals surface area contributed by atoms with E-state index in [2.05, 4.69) is 4.98 Å². The van der Waals surface area contributed by atoms with Crippen molar-refractivity contribution in [2.45, 2.75) is 6.43 Å². The van der Waals surface area contributed by atoms with E-state index in [4.69, 9.17) is 28.9 Å². The van der Waals surface area contributed by atoms with Crippen LogP contribution in [0.5, 0.6) is 0 Å². The molecule has 0 atom stereocenters. The van der Waals surface area contributed by atoms with Crippen molar-refractivity contribution in [3.05, 3.63) is 22.3 Å². The third kappa shape index (κ3) is 1.93. The highest BCUT2D eigenvalue weighted by Crippen LogP contribution is 2.31. The Balaban J connectivity index is 3.45. The van der Waals surface area contributed by atoms with E-state index in [1.807, 2.05) is 0 Å². The Kier molecular flexibility index (Phi) is 3.23. The SMILES string of the molecule is Nc1ncc(C(F)F)c(C(=O)Cl)c1Cl. The van der Waals surface area contributed by atoms with E-state index < -0.39 is 22.8 Å². The van der Waals surface area contributed by atoms with E-state index in [0.717, 1.165) is 6.20 Å². The maximum absolute atomic E-state index is 12.3. The lowest BCUT2D eigenvalue weighted by molar-refractivity contribution is 0.106. The van der Waals surface area contributed by atoms with Gasteiger partial charge in [-0.15, -0.1) is 0 Å². The number of hydrogen-bond donors (Lipinski definition) is 1. The van der Waals surface area contributed by atoms with Gasteiger partial charge in [0, 0.05) is 11.8 Å². The maximum atomic E-state index is 12.3. The number of anilines is 1. The minimum Gasteiger partial charge on any atom is -0.382 e. The molecular weight excluding hydrogens is 237 g/mol. The number of nitrogens with zero attached hydrogens (tertiary/aromatic N) is 1. The van der Waals surface area contributed by atoms with Crippen LogP contribution >= 0.6 is 23.2 Å². The minimum absolute atomic E-state index is 0.208. The van der Waals surface area contributed by atoms with Crippen LogP contribution in [0.2, 0.25) is 5.02 Å². The second-order valence-corrected chi connectivity index (χ2v) is 3.08. The number of pyridine rings is 1. The van der Waals surface area contributed by atoms with Gasteiger partial charge in [-0.2, -0.15) is 0 Å². The Morgan fingerprint density at radius 1 is 1.57 bits per heavy atom. The average Bonchev–Trinajstić information content (AvgIpc) is 2.08. The lowest BCUT2D eigenvalue weighted by Crippen LogP contribution is -2.04. The van der Waals surface area contributed by atoms with E-state index in [1.54, 1.807) is 0 Å². The number of alkyl halides is 2. The molecule has 7 heteroatoms. The van der Waals surface area contributed by atoms with Gasteiger partial charge in [-0.1, -0.05) is 11.6 Å². The number of nitrogens with two attached hydrogens (primary N) is 1. The first-order valence-corrected chi connectivity index (χ1v) is 4.12. The molecule has 0 amide bonds. The fourth-order valence-corrected chi connectivity index (χ4v) is 1.38. The largest absolute Gasteiger partial charge is 0.382 e. The summed E-state index contributed by atoms with van der Waals surface area (Å²) in [6, 6.07) is 0. The van der Waals surface area contributed by atoms with Gasteiger partial charge in [0.1, 0.15) is 5.82 Å². The smallest absolute Gasteiger partial charge is 0.266 e. The molecule has 0 aliphatic heterocycles. The summed E-state index contributed by atoms with van der Waals surface area (Å²) in [4.78, 5) is 14.2. The lowest BCUT2D eigenvalue weighted by atomic mass is 10.1. The standard InChI is InChI=1S/C7H4Cl2F2N2O/c8-4-3(5(9)14)2(6(10)11)1-13-7(4)12/h1,6H,(H2,12,13). The van der Waals surface area contributed by atoms with Crippen molar-refractivity contribution in [1.29, 1.82) is 0 Å². The van der Waals surface area contributed by atoms with E-state index in [1.165, 1.54) is 0 Å². The van der Waals surface area contributed by atoms with Crippen LogP contribution in [0.25, 0.3) is 0 Å². The van der Waals surface area contributed by atoms with Crippen LogP contribution in [0.3, 0.4) is 0 Å². The van der Waals surface area contributed by atoms with Crippen molar-refractivity contribution in [1.82, 2.24) is 4.98 Å². The van der Waals surface area contributed by atoms with Gasteiger partial charge in [-0.3, -0.25) is 4.79 Å². The predicted molar refractivity (Wildman–Crippen MR) is 48.8 cm³/mol. The quantitative estimate of drug-likeness (QED) is 0.809. The van der Waals surface area contributed by atoms with Crippen LogP contribution in [0.15, 0.2) is 6.20 Å². The second kappa shape index (κ2) is 4.06. The fourth-order valence-electron chi connectivity index (χ4n) is 0.880. The Morgan fingerprint density at radius 3 is 2.57 bits per heavy atom. The van der Waals surface area contributed by atoms with Crippen LogP contribution in [0.4, 0.5) is 14.6 Å². The number of rotatable bonds is 2. The van der Waals surface area contributed by atoms with E-state index in [0.29, 0.717) is 0 Å². The first kappa shape index (κ1) is 11.1. The van der Waals surface area contributed by atoms with Crippen molar-refractivity contribution in [3.63, 3.8) is 0 Å². The lowest BCUT2D eigenvalue weighted by Gasteiger charge is -2.07. The third-order valence-corrected chi connectivity index (χ3v) is 2.08. The van der Waals surface area contributed by atoms with E-state index in [9.17, 15) is 13.6 Å². The molecule has 0 spiro atoms. The molecule has 0 radical (unpaired) electrons. The second-order valence-electron chi connectivity index (χ2n) is 2.36. The molecule has 1 rings (SSSR count). The molecule has 0 bridgehead atoms. The molecule has 14 heavy (non-hydrogen) atoms. The van der Waals surface area contributed by atoms with Crippen molar-refractivity contribution >= 4 is 34.3 Å². The number of nitrogen functional groups attached to an aromatic ring is 1. The van der Waals surface area contributed by atoms with Gasteiger partial charge in [0.15, 0.2) is 0 Å². The monoisotopic (exact) mass is 240 g/mol. The topological polar surface area (TPSA) is 56.0 Å². The molecule has 0 unspecified atom stereocenters. The fraction of sp³-hybridized carbons (Fsp3) is 0.143. The summed E-state index contributed by atoms with van der Waals surface area (Å²) >= 11 is 10.6. The van der Waals surface area contributed by atoms with Crippen molar-refractivity contribution < 1.29 is 13.6 Å². The molecule has 0 saturated carbocycles. The van der Waals surface area contributed by atoms with Crippen molar-refractivity contribution in [3.8, 4) is 0 Å². The van der Waals surface area contributed by atoms with Crippen LogP contribution in [-0.4, -0.2) is 10.2 Å². The molecule has 3 nitrogen and oxygen atoms in total. The number of hydrogen-bond acceptors (Lipinski definition) is 3. The summed E-state index contributed by atoms with van der Waals surface area (Å²) < 4.78 is 24.7. The molecule has 1 heterocycles. The van der Waals surface area contributed by atoms with Gasteiger partial charge in [-0.05, 0) is 11.6 Å². The first-order chi connectivity index (χ1) is 6.45. The van der Waals surface area contributed by atoms with Crippen LogP contribution in [0, 0.1) is 0 Å². The maximum Gasteiger partial charge on any atom is 0.266 e. The Morgan fingerprint density at radius 2 is 2.14 bits per heavy atom. The molecule has 2 N–H and O–H groups in total. The Labute approximate surface area is 87.8 Å². The normalized spacial score (nSPS) is 10.6. The number of carbonyl (C=O) groups is 1. The molecule has 0 aliphatic carbocycles. The predicted octanol–water partition coefficient (Wildman–Crippen LogP) is 2.63. The van der Waals surface area contributed by atoms with Gasteiger partial charge in [0.05, 0.1) is 10.6 Å². The van der Waals surface area contributed by atoms with Crippen molar-refractivity contribution in [2.75, 3.05) is 5.73 Å². The van der Waals surface area contributed by atoms with Gasteiger partial charge in [0.2, 0.25) is 0 Å². The molecule has 0 saturated heterocycles. The Bertz CT molecular complexity index is 384. The van der Waals surface area contributed by atoms with Gasteiger partial charge < -0.3 is 5.73 Å². The highest BCUT2D eigenvalue weighted by molar-refractivity contribution is 6.69. The van der Waals surface area contributed by atoms with Crippen LogP contribution < -0.4 is 5.73 Å². The zero-order valence-electron chi connectivity index (χ0n) is 6.60. The van der Waals surface area contributed by atoms with Crippen LogP contribution in [-0.2, 0) is 0 Å². The summed E-state index contributed by atoms with van der Waals surface area (Å²) in [5.41, 5.74) is 4.12. The van der Waals surface area contributed by atoms with E-state index >= 15 is 0 Å². The average molecular weight is 241 g/mol. The first-order valence-electron chi connectivity index (χ1n) is 3.37. The molecule has 0 fully saturated rings. The Hall–Kier alpha value is -0.940. The number of aromatic nitrogens is 1. The summed E-state index contributed by atoms with van der Waals surface area (Å²) in [6.45, 7) is 0.